The van der Waals surface area contributed by atoms with Crippen molar-refractivity contribution >= 4 is 29.7 Å². The molecule has 2 unspecified atom stereocenters. The van der Waals surface area contributed by atoms with Crippen molar-refractivity contribution in [3.05, 3.63) is 58.4 Å². The molecule has 0 aliphatic carbocycles. The summed E-state index contributed by atoms with van der Waals surface area (Å²) in [6, 6.07) is 7.34. The standard InChI is InChI=1S/C34H47N3O8/c1-23(35-11-15-43-16-12-35)19-29-27(32(39)40)22-28(33(41)42)30(20-24(2)36-13-17-44-18-14-36)37(29)26-8-6-7-25(21-26)9-10-31(38)45-34(3,4)5/h6-10,21,23-24H,11-20,22H2,1-5H3,(H,39,40)(H,41,42). The summed E-state index contributed by atoms with van der Waals surface area (Å²) in [4.78, 5) is 44.4. The molecule has 3 aliphatic rings. The summed E-state index contributed by atoms with van der Waals surface area (Å²) in [6.07, 6.45) is 3.65. The highest BCUT2D eigenvalue weighted by Crippen LogP contribution is 2.40. The van der Waals surface area contributed by atoms with E-state index >= 15 is 0 Å². The Bertz CT molecular complexity index is 1270. The minimum atomic E-state index is -1.14. The van der Waals surface area contributed by atoms with Crippen LogP contribution in [0, 0.1) is 0 Å². The number of carbonyl (C=O) groups is 3. The van der Waals surface area contributed by atoms with Crippen LogP contribution >= 0.6 is 0 Å². The molecule has 11 heteroatoms. The number of hydrogen-bond donors (Lipinski definition) is 2. The van der Waals surface area contributed by atoms with Gasteiger partial charge in [-0.1, -0.05) is 12.1 Å². The molecule has 0 aromatic heterocycles. The van der Waals surface area contributed by atoms with Crippen LogP contribution in [0.15, 0.2) is 52.9 Å². The number of morpholine rings is 2. The topological polar surface area (TPSA) is 129 Å². The normalized spacial score (nSPS) is 20.4. The van der Waals surface area contributed by atoms with E-state index in [1.54, 1.807) is 26.8 Å². The van der Waals surface area contributed by atoms with E-state index in [2.05, 4.69) is 23.6 Å². The van der Waals surface area contributed by atoms with Crippen LogP contribution in [0.1, 0.15) is 59.4 Å². The first kappa shape index (κ1) is 34.4. The third-order valence-corrected chi connectivity index (χ3v) is 8.37. The van der Waals surface area contributed by atoms with Crippen LogP contribution in [-0.4, -0.2) is 108 Å². The van der Waals surface area contributed by atoms with Gasteiger partial charge < -0.3 is 29.3 Å². The number of carboxylic acid groups (broad SMARTS) is 2. The summed E-state index contributed by atoms with van der Waals surface area (Å²) in [5.41, 5.74) is 1.99. The molecule has 0 amide bonds. The predicted molar refractivity (Wildman–Crippen MR) is 171 cm³/mol. The van der Waals surface area contributed by atoms with Crippen molar-refractivity contribution in [2.75, 3.05) is 57.5 Å². The number of benzene rings is 1. The van der Waals surface area contributed by atoms with E-state index in [9.17, 15) is 24.6 Å². The zero-order valence-corrected chi connectivity index (χ0v) is 27.1. The minimum Gasteiger partial charge on any atom is -0.478 e. The lowest BCUT2D eigenvalue weighted by Crippen LogP contribution is -2.45. The SMILES string of the molecule is CC(CC1=C(C(=O)O)CC(C(=O)O)=C(CC(C)N2CCOCC2)N1c1cccc(C=CC(=O)OC(C)(C)C)c1)N1CCOCC1. The van der Waals surface area contributed by atoms with Gasteiger partial charge in [0.05, 0.1) is 37.6 Å². The van der Waals surface area contributed by atoms with Gasteiger partial charge in [0.15, 0.2) is 0 Å². The molecule has 0 radical (unpaired) electrons. The average Bonchev–Trinajstić information content (AvgIpc) is 3.00. The summed E-state index contributed by atoms with van der Waals surface area (Å²) >= 11 is 0. The Morgan fingerprint density at radius 3 is 1.80 bits per heavy atom. The van der Waals surface area contributed by atoms with Crippen molar-refractivity contribution < 1.29 is 38.8 Å². The van der Waals surface area contributed by atoms with E-state index in [1.165, 1.54) is 6.08 Å². The maximum absolute atomic E-state index is 12.8. The number of anilines is 1. The van der Waals surface area contributed by atoms with Crippen molar-refractivity contribution in [3.8, 4) is 0 Å². The third-order valence-electron chi connectivity index (χ3n) is 8.37. The number of ether oxygens (including phenoxy) is 3. The molecular formula is C34H47N3O8. The van der Waals surface area contributed by atoms with E-state index in [0.717, 1.165) is 26.2 Å². The van der Waals surface area contributed by atoms with Crippen LogP contribution in [0.2, 0.25) is 0 Å². The van der Waals surface area contributed by atoms with E-state index in [1.807, 2.05) is 29.2 Å². The maximum Gasteiger partial charge on any atom is 0.333 e. The molecule has 2 atom stereocenters. The molecule has 11 nitrogen and oxygen atoms in total. The van der Waals surface area contributed by atoms with Gasteiger partial charge in [-0.05, 0) is 58.4 Å². The predicted octanol–water partition coefficient (Wildman–Crippen LogP) is 4.15. The molecular weight excluding hydrogens is 578 g/mol. The van der Waals surface area contributed by atoms with Crippen molar-refractivity contribution in [1.82, 2.24) is 9.80 Å². The fraction of sp³-hybridized carbons (Fsp3) is 0.559. The second-order valence-corrected chi connectivity index (χ2v) is 12.8. The lowest BCUT2D eigenvalue weighted by atomic mass is 9.89. The molecule has 3 heterocycles. The highest BCUT2D eigenvalue weighted by molar-refractivity contribution is 5.97. The van der Waals surface area contributed by atoms with Crippen LogP contribution < -0.4 is 4.90 Å². The van der Waals surface area contributed by atoms with Crippen LogP contribution in [0.25, 0.3) is 6.08 Å². The number of nitrogens with zero attached hydrogens (tertiary/aromatic N) is 3. The molecule has 2 N–H and O–H groups in total. The van der Waals surface area contributed by atoms with E-state index < -0.39 is 23.5 Å². The number of rotatable bonds is 11. The fourth-order valence-corrected chi connectivity index (χ4v) is 6.07. The van der Waals surface area contributed by atoms with Crippen LogP contribution in [0.4, 0.5) is 5.69 Å². The average molecular weight is 626 g/mol. The van der Waals surface area contributed by atoms with Gasteiger partial charge in [-0.25, -0.2) is 14.4 Å². The van der Waals surface area contributed by atoms with Gasteiger partial charge in [-0.3, -0.25) is 9.80 Å². The number of carbonyl (C=O) groups excluding carboxylic acids is 1. The Balaban J connectivity index is 1.80. The van der Waals surface area contributed by atoms with Crippen molar-refractivity contribution in [3.63, 3.8) is 0 Å². The fourth-order valence-electron chi connectivity index (χ4n) is 6.07. The van der Waals surface area contributed by atoms with E-state index in [-0.39, 0.29) is 29.7 Å². The summed E-state index contributed by atoms with van der Waals surface area (Å²) in [5, 5.41) is 20.9. The van der Waals surface area contributed by atoms with Gasteiger partial charge in [0.25, 0.3) is 0 Å². The van der Waals surface area contributed by atoms with Gasteiger partial charge in [0.1, 0.15) is 5.60 Å². The first-order valence-electron chi connectivity index (χ1n) is 15.7. The number of carboxylic acids is 2. The van der Waals surface area contributed by atoms with Crippen molar-refractivity contribution in [1.29, 1.82) is 0 Å². The first-order chi connectivity index (χ1) is 21.3. The lowest BCUT2D eigenvalue weighted by molar-refractivity contribution is -0.148. The minimum absolute atomic E-state index is 0.0136. The summed E-state index contributed by atoms with van der Waals surface area (Å²) in [7, 11) is 0. The molecule has 1 aromatic carbocycles. The number of aliphatic carboxylic acids is 2. The monoisotopic (exact) mass is 625 g/mol. The largest absolute Gasteiger partial charge is 0.478 e. The molecule has 45 heavy (non-hydrogen) atoms. The van der Waals surface area contributed by atoms with Gasteiger partial charge in [-0.2, -0.15) is 0 Å². The van der Waals surface area contributed by atoms with Crippen LogP contribution in [0.3, 0.4) is 0 Å². The summed E-state index contributed by atoms with van der Waals surface area (Å²) in [6.45, 7) is 14.9. The highest BCUT2D eigenvalue weighted by atomic mass is 16.6. The van der Waals surface area contributed by atoms with Gasteiger partial charge in [-0.15, -0.1) is 0 Å². The zero-order valence-electron chi connectivity index (χ0n) is 27.1. The van der Waals surface area contributed by atoms with Gasteiger partial charge >= 0.3 is 17.9 Å². The molecule has 1 aromatic rings. The number of hydrogen-bond acceptors (Lipinski definition) is 9. The molecule has 3 aliphatic heterocycles. The number of esters is 1. The third kappa shape index (κ3) is 9.26. The van der Waals surface area contributed by atoms with E-state index in [0.29, 0.717) is 61.9 Å². The Hall–Kier alpha value is -3.51. The highest BCUT2D eigenvalue weighted by Gasteiger charge is 2.37. The second kappa shape index (κ2) is 15.2. The van der Waals surface area contributed by atoms with Gasteiger partial charge in [0, 0.05) is 80.7 Å². The molecule has 0 spiro atoms. The van der Waals surface area contributed by atoms with Crippen molar-refractivity contribution in [2.24, 2.45) is 0 Å². The lowest BCUT2D eigenvalue weighted by Gasteiger charge is -2.41. The Morgan fingerprint density at radius 2 is 1.36 bits per heavy atom. The molecule has 246 valence electrons. The van der Waals surface area contributed by atoms with Gasteiger partial charge in [0.2, 0.25) is 0 Å². The Labute approximate surface area is 265 Å². The second-order valence-electron chi connectivity index (χ2n) is 12.8. The molecule has 4 rings (SSSR count). The van der Waals surface area contributed by atoms with Crippen LogP contribution in [0.5, 0.6) is 0 Å². The summed E-state index contributed by atoms with van der Waals surface area (Å²) < 4.78 is 16.5. The quantitative estimate of drug-likeness (QED) is 0.272. The Morgan fingerprint density at radius 1 is 0.867 bits per heavy atom. The molecule has 2 fully saturated rings. The Kier molecular flexibility index (Phi) is 11.6. The van der Waals surface area contributed by atoms with Crippen molar-refractivity contribution in [2.45, 2.75) is 71.6 Å². The maximum atomic E-state index is 12.8. The summed E-state index contributed by atoms with van der Waals surface area (Å²) in [5.74, 6) is -2.75. The first-order valence-corrected chi connectivity index (χ1v) is 15.7. The van der Waals surface area contributed by atoms with Crippen LogP contribution in [-0.2, 0) is 28.6 Å². The molecule has 0 saturated carbocycles. The van der Waals surface area contributed by atoms with E-state index in [4.69, 9.17) is 14.2 Å². The smallest absolute Gasteiger partial charge is 0.333 e. The zero-order chi connectivity index (χ0) is 32.7. The molecule has 0 bridgehead atoms. The molecule has 2 saturated heterocycles.